The molecule has 0 fully saturated rings. The molecule has 0 aliphatic carbocycles. The highest BCUT2D eigenvalue weighted by molar-refractivity contribution is 5.97. The molecule has 2 N–H and O–H groups in total. The third kappa shape index (κ3) is 2.96. The normalized spacial score (nSPS) is 18.6. The Morgan fingerprint density at radius 3 is 2.24 bits per heavy atom. The number of carboxylic acid groups (broad SMARTS) is 1. The smallest absolute Gasteiger partial charge is 0.416 e. The molecule has 2 rings (SSSR count). The molecule has 0 radical (unpaired) electrons. The van der Waals surface area contributed by atoms with Gasteiger partial charge in [0.2, 0.25) is 0 Å². The number of carbonyl (C=O) groups is 1. The van der Waals surface area contributed by atoms with E-state index in [0.29, 0.717) is 18.2 Å². The fraction of sp³-hybridized carbons (Fsp3) is 0.250. The Hall–Kier alpha value is -2.19. The molecular weight excluding hydrogens is 304 g/mol. The van der Waals surface area contributed by atoms with Crippen molar-refractivity contribution in [3.63, 3.8) is 0 Å². The first-order chi connectivity index (χ1) is 9.50. The number of carboxylic acids is 1. The molecule has 0 amide bonds. The van der Waals surface area contributed by atoms with Gasteiger partial charge in [0.25, 0.3) is 0 Å². The molecule has 1 aromatic carbocycles. The Bertz CT molecular complexity index is 617. The fourth-order valence-electron chi connectivity index (χ4n) is 1.92. The van der Waals surface area contributed by atoms with E-state index in [2.05, 4.69) is 0 Å². The van der Waals surface area contributed by atoms with Crippen molar-refractivity contribution in [2.24, 2.45) is 0 Å². The average Bonchev–Trinajstić information content (AvgIpc) is 2.34. The second kappa shape index (κ2) is 4.68. The highest BCUT2D eigenvalue weighted by Crippen LogP contribution is 2.38. The number of halogens is 6. The number of hydrogen-bond donors (Lipinski definition) is 2. The van der Waals surface area contributed by atoms with Crippen molar-refractivity contribution in [1.82, 2.24) is 0 Å². The van der Waals surface area contributed by atoms with Crippen molar-refractivity contribution in [3.8, 4) is 0 Å². The van der Waals surface area contributed by atoms with Crippen LogP contribution in [0, 0.1) is 0 Å². The highest BCUT2D eigenvalue weighted by Gasteiger charge is 2.46. The molecule has 0 spiro atoms. The zero-order valence-electron chi connectivity index (χ0n) is 10.0. The van der Waals surface area contributed by atoms with Crippen molar-refractivity contribution in [2.45, 2.75) is 18.4 Å². The number of rotatable bonds is 1. The molecule has 0 aromatic heterocycles. The van der Waals surface area contributed by atoms with Crippen molar-refractivity contribution < 1.29 is 36.2 Å². The molecule has 114 valence electrons. The lowest BCUT2D eigenvalue weighted by molar-refractivity contribution is -0.146. The summed E-state index contributed by atoms with van der Waals surface area (Å²) < 4.78 is 75.9. The van der Waals surface area contributed by atoms with Crippen molar-refractivity contribution in [1.29, 1.82) is 0 Å². The van der Waals surface area contributed by atoms with Gasteiger partial charge in [0.1, 0.15) is 0 Å². The van der Waals surface area contributed by atoms with E-state index < -0.39 is 35.5 Å². The van der Waals surface area contributed by atoms with Gasteiger partial charge in [0, 0.05) is 5.69 Å². The lowest BCUT2D eigenvalue weighted by atomic mass is 9.95. The van der Waals surface area contributed by atoms with Crippen molar-refractivity contribution in [2.75, 3.05) is 5.32 Å². The van der Waals surface area contributed by atoms with Gasteiger partial charge in [-0.05, 0) is 29.8 Å². The van der Waals surface area contributed by atoms with Crippen LogP contribution < -0.4 is 5.32 Å². The topological polar surface area (TPSA) is 49.3 Å². The summed E-state index contributed by atoms with van der Waals surface area (Å²) in [4.78, 5) is 10.9. The Morgan fingerprint density at radius 1 is 1.14 bits per heavy atom. The van der Waals surface area contributed by atoms with Crippen LogP contribution in [0.15, 0.2) is 23.8 Å². The van der Waals surface area contributed by atoms with Gasteiger partial charge in [-0.15, -0.1) is 0 Å². The Morgan fingerprint density at radius 2 is 1.76 bits per heavy atom. The molecular formula is C12H7F6NO2. The van der Waals surface area contributed by atoms with Crippen molar-refractivity contribution in [3.05, 3.63) is 34.9 Å². The van der Waals surface area contributed by atoms with Crippen LogP contribution >= 0.6 is 0 Å². The Kier molecular flexibility index (Phi) is 3.38. The largest absolute Gasteiger partial charge is 0.478 e. The third-order valence-corrected chi connectivity index (χ3v) is 2.88. The number of aliphatic carboxylic acids is 1. The first-order valence-electron chi connectivity index (χ1n) is 5.49. The van der Waals surface area contributed by atoms with Crippen LogP contribution in [-0.4, -0.2) is 23.3 Å². The zero-order valence-corrected chi connectivity index (χ0v) is 10.0. The minimum absolute atomic E-state index is 0.213. The van der Waals surface area contributed by atoms with Crippen LogP contribution in [0.1, 0.15) is 11.1 Å². The monoisotopic (exact) mass is 311 g/mol. The number of nitrogens with one attached hydrogen (secondary N) is 1. The second-order valence-electron chi connectivity index (χ2n) is 4.32. The highest BCUT2D eigenvalue weighted by atomic mass is 19.4. The Balaban J connectivity index is 2.54. The first-order valence-corrected chi connectivity index (χ1v) is 5.49. The maximum Gasteiger partial charge on any atom is 0.416 e. The van der Waals surface area contributed by atoms with E-state index in [1.807, 2.05) is 5.32 Å². The minimum Gasteiger partial charge on any atom is -0.478 e. The number of benzene rings is 1. The molecule has 1 aromatic rings. The molecule has 1 heterocycles. The molecule has 3 nitrogen and oxygen atoms in total. The van der Waals surface area contributed by atoms with Crippen LogP contribution in [0.25, 0.3) is 6.08 Å². The predicted molar refractivity (Wildman–Crippen MR) is 60.5 cm³/mol. The minimum atomic E-state index is -4.88. The number of hydrogen-bond acceptors (Lipinski definition) is 2. The van der Waals surface area contributed by atoms with Gasteiger partial charge in [-0.2, -0.15) is 26.3 Å². The summed E-state index contributed by atoms with van der Waals surface area (Å²) in [7, 11) is 0. The van der Waals surface area contributed by atoms with Crippen LogP contribution in [0.3, 0.4) is 0 Å². The average molecular weight is 311 g/mol. The number of fused-ring (bicyclic) bond motifs is 1. The summed E-state index contributed by atoms with van der Waals surface area (Å²) in [5.74, 6) is -1.85. The summed E-state index contributed by atoms with van der Waals surface area (Å²) in [6.07, 6.45) is -8.96. The van der Waals surface area contributed by atoms with Gasteiger partial charge in [-0.25, -0.2) is 4.79 Å². The van der Waals surface area contributed by atoms with Crippen LogP contribution in [-0.2, 0) is 11.0 Å². The van der Waals surface area contributed by atoms with E-state index in [-0.39, 0.29) is 11.3 Å². The molecule has 0 bridgehead atoms. The lowest BCUT2D eigenvalue weighted by Gasteiger charge is -2.28. The van der Waals surface area contributed by atoms with Gasteiger partial charge < -0.3 is 10.4 Å². The number of alkyl halides is 6. The second-order valence-corrected chi connectivity index (χ2v) is 4.32. The predicted octanol–water partition coefficient (Wildman–Crippen LogP) is 3.53. The van der Waals surface area contributed by atoms with Gasteiger partial charge in [0.05, 0.1) is 11.1 Å². The molecule has 21 heavy (non-hydrogen) atoms. The molecule has 1 aliphatic heterocycles. The molecule has 9 heteroatoms. The number of anilines is 1. The van der Waals surface area contributed by atoms with Gasteiger partial charge in [0.15, 0.2) is 6.04 Å². The summed E-state index contributed by atoms with van der Waals surface area (Å²) in [6.45, 7) is 0. The molecule has 0 saturated heterocycles. The summed E-state index contributed by atoms with van der Waals surface area (Å²) in [5, 5.41) is 10.7. The van der Waals surface area contributed by atoms with E-state index >= 15 is 0 Å². The maximum atomic E-state index is 12.8. The molecule has 1 unspecified atom stereocenters. The van der Waals surface area contributed by atoms with E-state index in [0.717, 1.165) is 6.07 Å². The standard InChI is InChI=1S/C12H7F6NO2/c13-11(14,15)6-1-2-8-5(3-6)4-7(10(20)21)9(19-8)12(16,17)18/h1-4,9,19H,(H,20,21). The van der Waals surface area contributed by atoms with Crippen molar-refractivity contribution >= 4 is 17.7 Å². The molecule has 1 atom stereocenters. The summed E-state index contributed by atoms with van der Waals surface area (Å²) in [6, 6.07) is -0.415. The quantitative estimate of drug-likeness (QED) is 0.780. The molecule has 1 aliphatic rings. The zero-order chi connectivity index (χ0) is 16.0. The first kappa shape index (κ1) is 15.2. The van der Waals surface area contributed by atoms with Crippen LogP contribution in [0.5, 0.6) is 0 Å². The van der Waals surface area contributed by atoms with E-state index in [4.69, 9.17) is 5.11 Å². The SMILES string of the molecule is O=C(O)C1=Cc2cc(C(F)(F)F)ccc2NC1C(F)(F)F. The van der Waals surface area contributed by atoms with Gasteiger partial charge >= 0.3 is 18.3 Å². The maximum absolute atomic E-state index is 12.8. The lowest BCUT2D eigenvalue weighted by Crippen LogP contribution is -2.42. The summed E-state index contributed by atoms with van der Waals surface area (Å²) in [5.41, 5.74) is -2.61. The fourth-order valence-corrected chi connectivity index (χ4v) is 1.92. The summed E-state index contributed by atoms with van der Waals surface area (Å²) >= 11 is 0. The van der Waals surface area contributed by atoms with Crippen LogP contribution in [0.4, 0.5) is 32.0 Å². The molecule has 0 saturated carbocycles. The van der Waals surface area contributed by atoms with Gasteiger partial charge in [-0.1, -0.05) is 0 Å². The van der Waals surface area contributed by atoms with Crippen LogP contribution in [0.2, 0.25) is 0 Å². The van der Waals surface area contributed by atoms with E-state index in [1.54, 1.807) is 0 Å². The third-order valence-electron chi connectivity index (χ3n) is 2.88. The Labute approximate surface area is 113 Å². The van der Waals surface area contributed by atoms with E-state index in [9.17, 15) is 31.1 Å². The van der Waals surface area contributed by atoms with Gasteiger partial charge in [-0.3, -0.25) is 0 Å². The van der Waals surface area contributed by atoms with E-state index in [1.165, 1.54) is 0 Å².